The van der Waals surface area contributed by atoms with Gasteiger partial charge in [-0.3, -0.25) is 0 Å². The largest absolute Gasteiger partial charge is 0.382 e. The molecule has 18 heavy (non-hydrogen) atoms. The van der Waals surface area contributed by atoms with E-state index in [1.54, 1.807) is 0 Å². The van der Waals surface area contributed by atoms with Gasteiger partial charge in [0, 0.05) is 16.2 Å². The molecule has 0 unspecified atom stereocenters. The zero-order valence-electron chi connectivity index (χ0n) is 11.7. The Morgan fingerprint density at radius 2 is 1.83 bits per heavy atom. The monoisotopic (exact) mass is 309 g/mol. The van der Waals surface area contributed by atoms with Crippen LogP contribution in [-0.2, 0) is 0 Å². The summed E-state index contributed by atoms with van der Waals surface area (Å²) >= 11 is 3.52. The number of aryl methyl sites for hydroxylation is 1. The van der Waals surface area contributed by atoms with Crippen molar-refractivity contribution in [1.82, 2.24) is 0 Å². The summed E-state index contributed by atoms with van der Waals surface area (Å²) < 4.78 is 1.16. The third kappa shape index (κ3) is 3.50. The third-order valence-corrected chi connectivity index (χ3v) is 4.76. The molecule has 0 bridgehead atoms. The van der Waals surface area contributed by atoms with Crippen LogP contribution in [0.4, 0.5) is 5.69 Å². The van der Waals surface area contributed by atoms with Crippen molar-refractivity contribution in [2.75, 3.05) is 5.32 Å². The van der Waals surface area contributed by atoms with Crippen LogP contribution in [0.1, 0.15) is 45.1 Å². The molecule has 0 radical (unpaired) electrons. The minimum Gasteiger partial charge on any atom is -0.382 e. The molecule has 0 heterocycles. The number of benzene rings is 1. The van der Waals surface area contributed by atoms with Crippen LogP contribution in [-0.4, -0.2) is 6.04 Å². The summed E-state index contributed by atoms with van der Waals surface area (Å²) in [4.78, 5) is 0. The molecule has 1 saturated carbocycles. The number of rotatable bonds is 3. The highest BCUT2D eigenvalue weighted by atomic mass is 79.9. The second kappa shape index (κ2) is 6.10. The Balaban J connectivity index is 1.91. The molecular weight excluding hydrogens is 286 g/mol. The number of nitrogens with one attached hydrogen (secondary N) is 1. The van der Waals surface area contributed by atoms with Crippen molar-refractivity contribution in [3.8, 4) is 0 Å². The highest BCUT2D eigenvalue weighted by molar-refractivity contribution is 9.10. The van der Waals surface area contributed by atoms with E-state index in [0.29, 0.717) is 6.04 Å². The third-order valence-electron chi connectivity index (χ3n) is 4.26. The maximum atomic E-state index is 3.71. The average Bonchev–Trinajstić information content (AvgIpc) is 2.33. The maximum Gasteiger partial charge on any atom is 0.0372 e. The van der Waals surface area contributed by atoms with Gasteiger partial charge in [0.1, 0.15) is 0 Å². The molecule has 100 valence electrons. The van der Waals surface area contributed by atoms with E-state index < -0.39 is 0 Å². The molecular formula is C16H24BrN. The Bertz CT molecular complexity index is 392. The van der Waals surface area contributed by atoms with Crippen LogP contribution >= 0.6 is 15.9 Å². The van der Waals surface area contributed by atoms with Gasteiger partial charge in [-0.25, -0.2) is 0 Å². The molecule has 0 spiro atoms. The van der Waals surface area contributed by atoms with E-state index in [1.165, 1.54) is 36.9 Å². The first kappa shape index (κ1) is 13.9. The summed E-state index contributed by atoms with van der Waals surface area (Å²) in [5.41, 5.74) is 2.63. The minimum absolute atomic E-state index is 0.667. The average molecular weight is 310 g/mol. The van der Waals surface area contributed by atoms with Crippen LogP contribution in [0.5, 0.6) is 0 Å². The van der Waals surface area contributed by atoms with Gasteiger partial charge in [0.15, 0.2) is 0 Å². The van der Waals surface area contributed by atoms with Crippen LogP contribution in [0.3, 0.4) is 0 Å². The summed E-state index contributed by atoms with van der Waals surface area (Å²) in [6.45, 7) is 6.89. The lowest BCUT2D eigenvalue weighted by molar-refractivity contribution is 0.267. The van der Waals surface area contributed by atoms with Crippen molar-refractivity contribution < 1.29 is 0 Å². The molecule has 2 rings (SSSR count). The van der Waals surface area contributed by atoms with E-state index in [-0.39, 0.29) is 0 Å². The Kier molecular flexibility index (Phi) is 4.71. The summed E-state index contributed by atoms with van der Waals surface area (Å²) in [7, 11) is 0. The van der Waals surface area contributed by atoms with Gasteiger partial charge in [-0.15, -0.1) is 0 Å². The molecule has 0 atom stereocenters. The van der Waals surface area contributed by atoms with Crippen LogP contribution in [0.15, 0.2) is 22.7 Å². The topological polar surface area (TPSA) is 12.0 Å². The van der Waals surface area contributed by atoms with Gasteiger partial charge < -0.3 is 5.32 Å². The van der Waals surface area contributed by atoms with Crippen molar-refractivity contribution in [2.45, 2.75) is 52.5 Å². The predicted octanol–water partition coefficient (Wildman–Crippen LogP) is 5.38. The molecule has 1 fully saturated rings. The zero-order chi connectivity index (χ0) is 13.1. The van der Waals surface area contributed by atoms with E-state index in [1.807, 2.05) is 0 Å². The maximum absolute atomic E-state index is 3.71. The number of anilines is 1. The lowest BCUT2D eigenvalue weighted by Gasteiger charge is -2.32. The fourth-order valence-corrected chi connectivity index (χ4v) is 3.41. The Morgan fingerprint density at radius 3 is 2.39 bits per heavy atom. The van der Waals surface area contributed by atoms with Gasteiger partial charge in [-0.05, 0) is 68.2 Å². The van der Waals surface area contributed by atoms with E-state index in [2.05, 4.69) is 60.2 Å². The standard InChI is InChI=1S/C16H24BrN/c1-11(2)13-4-7-15(8-5-13)18-16-9-6-14(17)10-12(16)3/h6,9-11,13,15,18H,4-5,7-8H2,1-3H3. The van der Waals surface area contributed by atoms with Crippen molar-refractivity contribution in [3.05, 3.63) is 28.2 Å². The summed E-state index contributed by atoms with van der Waals surface area (Å²) in [5.74, 6) is 1.79. The lowest BCUT2D eigenvalue weighted by atomic mass is 9.79. The summed E-state index contributed by atoms with van der Waals surface area (Å²) in [6, 6.07) is 7.16. The Morgan fingerprint density at radius 1 is 1.17 bits per heavy atom. The van der Waals surface area contributed by atoms with Gasteiger partial charge in [-0.2, -0.15) is 0 Å². The van der Waals surface area contributed by atoms with Crippen molar-refractivity contribution in [2.24, 2.45) is 11.8 Å². The molecule has 0 amide bonds. The summed E-state index contributed by atoms with van der Waals surface area (Å²) in [5, 5.41) is 3.71. The second-order valence-corrected chi connectivity index (χ2v) is 6.87. The van der Waals surface area contributed by atoms with Crippen molar-refractivity contribution in [1.29, 1.82) is 0 Å². The van der Waals surface area contributed by atoms with E-state index >= 15 is 0 Å². The van der Waals surface area contributed by atoms with E-state index in [0.717, 1.165) is 16.3 Å². The van der Waals surface area contributed by atoms with Gasteiger partial charge >= 0.3 is 0 Å². The Hall–Kier alpha value is -0.500. The quantitative estimate of drug-likeness (QED) is 0.790. The van der Waals surface area contributed by atoms with Gasteiger partial charge in [-0.1, -0.05) is 29.8 Å². The van der Waals surface area contributed by atoms with E-state index in [9.17, 15) is 0 Å². The molecule has 1 aliphatic carbocycles. The molecule has 2 heteroatoms. The molecule has 1 N–H and O–H groups in total. The van der Waals surface area contributed by atoms with Crippen molar-refractivity contribution >= 4 is 21.6 Å². The van der Waals surface area contributed by atoms with Crippen LogP contribution in [0, 0.1) is 18.8 Å². The van der Waals surface area contributed by atoms with Crippen LogP contribution < -0.4 is 5.32 Å². The first-order chi connectivity index (χ1) is 8.56. The summed E-state index contributed by atoms with van der Waals surface area (Å²) in [6.07, 6.45) is 5.40. The normalized spacial score (nSPS) is 24.3. The predicted molar refractivity (Wildman–Crippen MR) is 83.1 cm³/mol. The first-order valence-electron chi connectivity index (χ1n) is 7.09. The van der Waals surface area contributed by atoms with Gasteiger partial charge in [0.05, 0.1) is 0 Å². The van der Waals surface area contributed by atoms with Crippen LogP contribution in [0.2, 0.25) is 0 Å². The molecule has 0 aromatic heterocycles. The molecule has 0 saturated heterocycles. The minimum atomic E-state index is 0.667. The molecule has 0 aliphatic heterocycles. The zero-order valence-corrected chi connectivity index (χ0v) is 13.3. The number of hydrogen-bond acceptors (Lipinski definition) is 1. The van der Waals surface area contributed by atoms with Crippen LogP contribution in [0.25, 0.3) is 0 Å². The van der Waals surface area contributed by atoms with Crippen molar-refractivity contribution in [3.63, 3.8) is 0 Å². The van der Waals surface area contributed by atoms with Gasteiger partial charge in [0.2, 0.25) is 0 Å². The highest BCUT2D eigenvalue weighted by Gasteiger charge is 2.23. The first-order valence-corrected chi connectivity index (χ1v) is 7.88. The number of hydrogen-bond donors (Lipinski definition) is 1. The molecule has 1 aromatic rings. The second-order valence-electron chi connectivity index (χ2n) is 5.96. The molecule has 1 aromatic carbocycles. The van der Waals surface area contributed by atoms with E-state index in [4.69, 9.17) is 0 Å². The fraction of sp³-hybridized carbons (Fsp3) is 0.625. The van der Waals surface area contributed by atoms with Gasteiger partial charge in [0.25, 0.3) is 0 Å². The fourth-order valence-electron chi connectivity index (χ4n) is 2.94. The SMILES string of the molecule is Cc1cc(Br)ccc1NC1CCC(C(C)C)CC1. The number of halogens is 1. The smallest absolute Gasteiger partial charge is 0.0372 e. The Labute approximate surface area is 119 Å². The lowest BCUT2D eigenvalue weighted by Crippen LogP contribution is -2.28. The molecule has 1 nitrogen and oxygen atoms in total. The highest BCUT2D eigenvalue weighted by Crippen LogP contribution is 2.32. The molecule has 1 aliphatic rings.